The fraction of sp³-hybridized carbons (Fsp3) is 0.174. The molecule has 8 rings (SSSR count). The van der Waals surface area contributed by atoms with Crippen molar-refractivity contribution in [2.75, 3.05) is 0 Å². The van der Waals surface area contributed by atoms with Gasteiger partial charge < -0.3 is 24.0 Å². The molecule has 4 aromatic heterocycles. The maximum Gasteiger partial charge on any atom is 2.00 e. The summed E-state index contributed by atoms with van der Waals surface area (Å²) < 4.78 is 15.2. The van der Waals surface area contributed by atoms with Crippen LogP contribution in [0.25, 0.3) is 50.3 Å². The number of aromatic nitrogens is 5. The van der Waals surface area contributed by atoms with Crippen molar-refractivity contribution in [1.29, 1.82) is 0 Å². The maximum absolute atomic E-state index is 6.58. The van der Waals surface area contributed by atoms with E-state index in [-0.39, 0.29) is 53.0 Å². The number of fused-ring (bicyclic) bond motifs is 3. The molecule has 278 valence electrons. The minimum atomic E-state index is -0.285. The van der Waals surface area contributed by atoms with Gasteiger partial charge in [-0.25, -0.2) is 9.97 Å². The molecule has 0 saturated carbocycles. The van der Waals surface area contributed by atoms with Crippen molar-refractivity contribution in [3.63, 3.8) is 0 Å². The smallest absolute Gasteiger partial charge is 0.503 e. The van der Waals surface area contributed by atoms with Crippen LogP contribution in [0.15, 0.2) is 116 Å². The fourth-order valence-electron chi connectivity index (χ4n) is 6.54. The second-order valence-corrected chi connectivity index (χ2v) is 14.9. The fourth-order valence-corrected chi connectivity index (χ4v) is 6.54. The molecule has 0 unspecified atom stereocenters. The molecule has 4 aromatic carbocycles. The van der Waals surface area contributed by atoms with E-state index < -0.39 is 0 Å². The number of pyridine rings is 2. The number of hydrogen-bond acceptors (Lipinski definition) is 6. The molecule has 0 aliphatic carbocycles. The molecule has 0 amide bonds. The van der Waals surface area contributed by atoms with Crippen LogP contribution in [0.5, 0.6) is 23.0 Å². The Kier molecular flexibility index (Phi) is 11.6. The molecule has 0 atom stereocenters. The zero-order valence-corrected chi connectivity index (χ0v) is 35.7. The van der Waals surface area contributed by atoms with Gasteiger partial charge in [-0.15, -0.1) is 71.8 Å². The first-order valence-electron chi connectivity index (χ1n) is 17.6. The SMILES string of the molecule is CC(C)(C)c1cc(Oc2[c-]c(-c3ccccn3)ccc2)[c-]c2c1c1c(C(C)(C)C)cc(Oc3[c-]c(-c4ccccn4)ccc3)[c-]c1n2-c1ncccn1.[Pt+2].[Pt+2]. The van der Waals surface area contributed by atoms with Crippen LogP contribution in [0.4, 0.5) is 0 Å². The van der Waals surface area contributed by atoms with Crippen LogP contribution >= 0.6 is 0 Å². The van der Waals surface area contributed by atoms with E-state index in [1.165, 1.54) is 0 Å². The summed E-state index contributed by atoms with van der Waals surface area (Å²) in [6.07, 6.45) is 7.03. The van der Waals surface area contributed by atoms with E-state index >= 15 is 0 Å². The van der Waals surface area contributed by atoms with Gasteiger partial charge in [0.05, 0.1) is 0 Å². The van der Waals surface area contributed by atoms with Crippen molar-refractivity contribution in [3.8, 4) is 51.5 Å². The summed E-state index contributed by atoms with van der Waals surface area (Å²) in [6.45, 7) is 13.3. The molecule has 0 bridgehead atoms. The predicted molar refractivity (Wildman–Crippen MR) is 209 cm³/mol. The third-order valence-corrected chi connectivity index (χ3v) is 8.97. The summed E-state index contributed by atoms with van der Waals surface area (Å²) in [4.78, 5) is 18.5. The van der Waals surface area contributed by atoms with Crippen LogP contribution in [0.1, 0.15) is 52.7 Å². The standard InChI is InChI=1S/C46H37N5O2.2Pt/c1-45(2,3)36-26-34(52-32-16-11-14-30(24-32)38-18-7-9-20-47-38)28-40-42(36)43-37(46(4,5)6)27-35(29-41(43)51(40)44-49-22-13-23-50-44)53-33-17-12-15-31(25-33)39-19-8-10-21-48-39;;/h7-23,26-27H,1-6H3;;/q-4;2*+2. The summed E-state index contributed by atoms with van der Waals surface area (Å²) in [5, 5.41) is 2.07. The van der Waals surface area contributed by atoms with Gasteiger partial charge in [0.2, 0.25) is 5.95 Å². The van der Waals surface area contributed by atoms with Crippen molar-refractivity contribution >= 4 is 21.8 Å². The predicted octanol–water partition coefficient (Wildman–Crippen LogP) is 11.1. The van der Waals surface area contributed by atoms with Crippen molar-refractivity contribution < 1.29 is 51.6 Å². The molecule has 7 nitrogen and oxygen atoms in total. The topological polar surface area (TPSA) is 75.0 Å². The Bertz CT molecular complexity index is 2420. The third-order valence-electron chi connectivity index (χ3n) is 8.97. The van der Waals surface area contributed by atoms with Crippen molar-refractivity contribution in [2.24, 2.45) is 0 Å². The summed E-state index contributed by atoms with van der Waals surface area (Å²) in [6, 6.07) is 43.3. The van der Waals surface area contributed by atoms with E-state index in [1.54, 1.807) is 24.8 Å². The van der Waals surface area contributed by atoms with Gasteiger partial charge in [0.25, 0.3) is 0 Å². The van der Waals surface area contributed by atoms with Crippen LogP contribution in [-0.4, -0.2) is 24.5 Å². The van der Waals surface area contributed by atoms with Crippen LogP contribution in [-0.2, 0) is 53.0 Å². The summed E-state index contributed by atoms with van der Waals surface area (Å²) >= 11 is 0. The van der Waals surface area contributed by atoms with Gasteiger partial charge in [0.1, 0.15) is 0 Å². The average Bonchev–Trinajstić information content (AvgIpc) is 3.48. The Morgan fingerprint density at radius 1 is 0.473 bits per heavy atom. The molecule has 0 saturated heterocycles. The van der Waals surface area contributed by atoms with E-state index in [0.717, 1.165) is 55.4 Å². The second kappa shape index (κ2) is 16.0. The van der Waals surface area contributed by atoms with Gasteiger partial charge in [-0.2, -0.15) is 21.9 Å². The van der Waals surface area contributed by atoms with Gasteiger partial charge in [0, 0.05) is 47.8 Å². The number of rotatable bonds is 7. The normalized spacial score (nSPS) is 11.5. The molecule has 9 heteroatoms. The summed E-state index contributed by atoms with van der Waals surface area (Å²) in [7, 11) is 0. The van der Waals surface area contributed by atoms with Crippen molar-refractivity contribution in [3.05, 3.63) is 151 Å². The Balaban J connectivity index is 0.00000257. The zero-order chi connectivity index (χ0) is 36.7. The Hall–Kier alpha value is -4.96. The molecule has 0 N–H and O–H groups in total. The van der Waals surface area contributed by atoms with Crippen LogP contribution in [0.2, 0.25) is 0 Å². The molecule has 4 heterocycles. The molecule has 0 radical (unpaired) electrons. The molecule has 55 heavy (non-hydrogen) atoms. The van der Waals surface area contributed by atoms with Crippen LogP contribution in [0, 0.1) is 24.3 Å². The first-order valence-corrected chi connectivity index (χ1v) is 17.6. The van der Waals surface area contributed by atoms with Gasteiger partial charge in [-0.05, 0) is 40.4 Å². The van der Waals surface area contributed by atoms with E-state index in [9.17, 15) is 0 Å². The third kappa shape index (κ3) is 8.20. The molecule has 0 spiro atoms. The quantitative estimate of drug-likeness (QED) is 0.148. The minimum absolute atomic E-state index is 0. The number of ether oxygens (including phenoxy) is 2. The Morgan fingerprint density at radius 3 is 1.31 bits per heavy atom. The Morgan fingerprint density at radius 2 is 0.909 bits per heavy atom. The number of nitrogens with zero attached hydrogens (tertiary/aromatic N) is 5. The molecule has 8 aromatic rings. The van der Waals surface area contributed by atoms with Crippen LogP contribution < -0.4 is 9.47 Å². The zero-order valence-electron chi connectivity index (χ0n) is 31.2. The monoisotopic (exact) mass is 1080 g/mol. The maximum atomic E-state index is 6.58. The molecular weight excluding hydrogens is 1040 g/mol. The van der Waals surface area contributed by atoms with E-state index in [4.69, 9.17) is 19.4 Å². The first kappa shape index (κ1) is 39.7. The molecular formula is C46H37N5O2Pt2. The summed E-state index contributed by atoms with van der Waals surface area (Å²) in [5.74, 6) is 2.70. The van der Waals surface area contributed by atoms with E-state index in [0.29, 0.717) is 28.9 Å². The summed E-state index contributed by atoms with van der Waals surface area (Å²) in [5.41, 5.74) is 6.47. The van der Waals surface area contributed by atoms with Gasteiger partial charge in [0.15, 0.2) is 0 Å². The van der Waals surface area contributed by atoms with E-state index in [1.807, 2.05) is 83.4 Å². The van der Waals surface area contributed by atoms with Gasteiger partial charge in [-0.1, -0.05) is 89.0 Å². The minimum Gasteiger partial charge on any atom is -0.503 e. The van der Waals surface area contributed by atoms with Crippen LogP contribution in [0.3, 0.4) is 0 Å². The Labute approximate surface area is 350 Å². The van der Waals surface area contributed by atoms with Crippen molar-refractivity contribution in [2.45, 2.75) is 52.4 Å². The average molecular weight is 1080 g/mol. The largest absolute Gasteiger partial charge is 2.00 e. The second-order valence-electron chi connectivity index (χ2n) is 14.9. The number of benzene rings is 4. The number of hydrogen-bond donors (Lipinski definition) is 0. The molecule has 0 aliphatic rings. The molecule has 0 fully saturated rings. The van der Waals surface area contributed by atoms with E-state index in [2.05, 4.69) is 87.9 Å². The van der Waals surface area contributed by atoms with Gasteiger partial charge in [-0.3, -0.25) is 0 Å². The first-order chi connectivity index (χ1) is 25.5. The molecule has 0 aliphatic heterocycles. The van der Waals surface area contributed by atoms with Crippen molar-refractivity contribution in [1.82, 2.24) is 24.5 Å². The van der Waals surface area contributed by atoms with Gasteiger partial charge >= 0.3 is 42.1 Å².